The van der Waals surface area contributed by atoms with E-state index in [1.54, 1.807) is 18.6 Å². The van der Waals surface area contributed by atoms with Crippen molar-refractivity contribution in [3.05, 3.63) is 84.7 Å². The van der Waals surface area contributed by atoms with Gasteiger partial charge in [0.25, 0.3) is 0 Å². The molecule has 0 N–H and O–H groups in total. The number of aliphatic imine (C=N–C) groups is 1. The van der Waals surface area contributed by atoms with E-state index in [4.69, 9.17) is 4.42 Å². The summed E-state index contributed by atoms with van der Waals surface area (Å²) >= 11 is 0. The van der Waals surface area contributed by atoms with Gasteiger partial charge in [-0.05, 0) is 54.1 Å². The van der Waals surface area contributed by atoms with Crippen LogP contribution in [-0.4, -0.2) is 21.4 Å². The first kappa shape index (κ1) is 15.0. The third-order valence-electron chi connectivity index (χ3n) is 3.63. The van der Waals surface area contributed by atoms with Crippen molar-refractivity contribution < 1.29 is 4.42 Å². The number of hydrogen-bond acceptors (Lipinski definition) is 5. The van der Waals surface area contributed by atoms with Crippen molar-refractivity contribution in [1.82, 2.24) is 15.2 Å². The van der Waals surface area contributed by atoms with Crippen molar-refractivity contribution in [2.24, 2.45) is 4.99 Å². The van der Waals surface area contributed by atoms with Gasteiger partial charge in [0.15, 0.2) is 0 Å². The highest BCUT2D eigenvalue weighted by Gasteiger charge is 2.09. The first-order chi connectivity index (χ1) is 12.4. The van der Waals surface area contributed by atoms with Gasteiger partial charge >= 0.3 is 0 Å². The summed E-state index contributed by atoms with van der Waals surface area (Å²) in [6.45, 7) is 0. The van der Waals surface area contributed by atoms with Gasteiger partial charge in [0.1, 0.15) is 0 Å². The Morgan fingerprint density at radius 1 is 0.720 bits per heavy atom. The van der Waals surface area contributed by atoms with Crippen LogP contribution in [0, 0.1) is 0 Å². The molecule has 0 spiro atoms. The monoisotopic (exact) mass is 326 g/mol. The van der Waals surface area contributed by atoms with Gasteiger partial charge in [-0.2, -0.15) is 0 Å². The number of rotatable bonds is 4. The van der Waals surface area contributed by atoms with Crippen molar-refractivity contribution >= 4 is 11.9 Å². The van der Waals surface area contributed by atoms with E-state index in [0.29, 0.717) is 11.8 Å². The zero-order valence-corrected chi connectivity index (χ0v) is 13.3. The van der Waals surface area contributed by atoms with Gasteiger partial charge in [0.05, 0.1) is 5.69 Å². The predicted molar refractivity (Wildman–Crippen MR) is 96.7 cm³/mol. The fourth-order valence-corrected chi connectivity index (χ4v) is 2.33. The molecule has 0 saturated heterocycles. The fourth-order valence-electron chi connectivity index (χ4n) is 2.33. The van der Waals surface area contributed by atoms with Crippen molar-refractivity contribution in [3.8, 4) is 22.9 Å². The van der Waals surface area contributed by atoms with Crippen LogP contribution in [0.4, 0.5) is 5.69 Å². The second kappa shape index (κ2) is 6.88. The van der Waals surface area contributed by atoms with Crippen molar-refractivity contribution in [2.75, 3.05) is 0 Å². The maximum absolute atomic E-state index is 5.76. The van der Waals surface area contributed by atoms with Crippen LogP contribution in [-0.2, 0) is 0 Å². The zero-order chi connectivity index (χ0) is 16.9. The lowest BCUT2D eigenvalue weighted by Gasteiger charge is -1.97. The quantitative estimate of drug-likeness (QED) is 0.516. The Kier molecular flexibility index (Phi) is 4.12. The van der Waals surface area contributed by atoms with E-state index in [2.05, 4.69) is 20.2 Å². The third kappa shape index (κ3) is 3.50. The van der Waals surface area contributed by atoms with Crippen molar-refractivity contribution in [3.63, 3.8) is 0 Å². The third-order valence-corrected chi connectivity index (χ3v) is 3.63. The minimum absolute atomic E-state index is 0.489. The summed E-state index contributed by atoms with van der Waals surface area (Å²) in [5.41, 5.74) is 3.62. The molecule has 4 aromatic rings. The Bertz CT molecular complexity index is 977. The molecule has 5 nitrogen and oxygen atoms in total. The second-order valence-electron chi connectivity index (χ2n) is 5.36. The predicted octanol–water partition coefficient (Wildman–Crippen LogP) is 4.55. The van der Waals surface area contributed by atoms with Gasteiger partial charge < -0.3 is 4.42 Å². The van der Waals surface area contributed by atoms with Crippen LogP contribution in [0.1, 0.15) is 5.56 Å². The number of nitrogens with zero attached hydrogens (tertiary/aromatic N) is 4. The molecule has 0 amide bonds. The first-order valence-electron chi connectivity index (χ1n) is 7.82. The van der Waals surface area contributed by atoms with Gasteiger partial charge in [-0.25, -0.2) is 0 Å². The lowest BCUT2D eigenvalue weighted by atomic mass is 10.2. The molecule has 0 radical (unpaired) electrons. The smallest absolute Gasteiger partial charge is 0.248 e. The van der Waals surface area contributed by atoms with E-state index in [1.807, 2.05) is 66.7 Å². The molecule has 0 aliphatic heterocycles. The largest absolute Gasteiger partial charge is 0.416 e. The summed E-state index contributed by atoms with van der Waals surface area (Å²) in [5, 5.41) is 8.23. The van der Waals surface area contributed by atoms with Crippen LogP contribution in [0.15, 0.2) is 88.5 Å². The highest BCUT2D eigenvalue weighted by molar-refractivity contribution is 5.81. The summed E-state index contributed by atoms with van der Waals surface area (Å²) in [5.74, 6) is 0.999. The van der Waals surface area contributed by atoms with Gasteiger partial charge in [-0.15, -0.1) is 10.2 Å². The molecule has 0 atom stereocenters. The minimum Gasteiger partial charge on any atom is -0.416 e. The average molecular weight is 326 g/mol. The number of benzene rings is 2. The van der Waals surface area contributed by atoms with E-state index in [-0.39, 0.29) is 0 Å². The highest BCUT2D eigenvalue weighted by atomic mass is 16.4. The average Bonchev–Trinajstić information content (AvgIpc) is 3.19. The number of hydrogen-bond donors (Lipinski definition) is 0. The molecule has 0 aliphatic carbocycles. The van der Waals surface area contributed by atoms with E-state index < -0.39 is 0 Å². The molecule has 0 bridgehead atoms. The van der Waals surface area contributed by atoms with Crippen LogP contribution in [0.2, 0.25) is 0 Å². The SMILES string of the molecule is C(=Nc1ccc(-c2nnc(-c3ccccc3)o2)cc1)c1ccncc1. The highest BCUT2D eigenvalue weighted by Crippen LogP contribution is 2.25. The molecule has 0 aliphatic rings. The Hall–Kier alpha value is -3.60. The summed E-state index contributed by atoms with van der Waals surface area (Å²) in [6, 6.07) is 21.2. The molecule has 4 rings (SSSR count). The maximum atomic E-state index is 5.76. The molecular weight excluding hydrogens is 312 g/mol. The lowest BCUT2D eigenvalue weighted by Crippen LogP contribution is -1.80. The van der Waals surface area contributed by atoms with Gasteiger partial charge in [-0.3, -0.25) is 9.98 Å². The Labute approximate surface area is 144 Å². The summed E-state index contributed by atoms with van der Waals surface area (Å²) in [7, 11) is 0. The van der Waals surface area contributed by atoms with Crippen LogP contribution in [0.3, 0.4) is 0 Å². The molecule has 2 heterocycles. The van der Waals surface area contributed by atoms with E-state index in [9.17, 15) is 0 Å². The fraction of sp³-hybridized carbons (Fsp3) is 0. The molecule has 0 unspecified atom stereocenters. The zero-order valence-electron chi connectivity index (χ0n) is 13.3. The lowest BCUT2D eigenvalue weighted by molar-refractivity contribution is 0.584. The molecule has 120 valence electrons. The second-order valence-corrected chi connectivity index (χ2v) is 5.36. The van der Waals surface area contributed by atoms with Crippen LogP contribution in [0.25, 0.3) is 22.9 Å². The standard InChI is InChI=1S/C20H14N4O/c1-2-4-16(5-3-1)19-23-24-20(25-19)17-6-8-18(9-7-17)22-14-15-10-12-21-13-11-15/h1-14H. The molecule has 25 heavy (non-hydrogen) atoms. The van der Waals surface area contributed by atoms with E-state index >= 15 is 0 Å². The maximum Gasteiger partial charge on any atom is 0.248 e. The van der Waals surface area contributed by atoms with Crippen LogP contribution in [0.5, 0.6) is 0 Å². The molecule has 2 aromatic carbocycles. The molecule has 2 aromatic heterocycles. The Morgan fingerprint density at radius 3 is 2.04 bits per heavy atom. The van der Waals surface area contributed by atoms with Crippen molar-refractivity contribution in [2.45, 2.75) is 0 Å². The molecule has 0 saturated carbocycles. The molecular formula is C20H14N4O. The van der Waals surface area contributed by atoms with Gasteiger partial charge in [0, 0.05) is 29.7 Å². The van der Waals surface area contributed by atoms with Crippen molar-refractivity contribution in [1.29, 1.82) is 0 Å². The van der Waals surface area contributed by atoms with E-state index in [0.717, 1.165) is 22.4 Å². The van der Waals surface area contributed by atoms with Crippen LogP contribution < -0.4 is 0 Å². The summed E-state index contributed by atoms with van der Waals surface area (Å²) in [6.07, 6.45) is 5.28. The Balaban J connectivity index is 1.53. The molecule has 0 fully saturated rings. The number of pyridine rings is 1. The minimum atomic E-state index is 0.489. The molecule has 5 heteroatoms. The Morgan fingerprint density at radius 2 is 1.36 bits per heavy atom. The van der Waals surface area contributed by atoms with Crippen LogP contribution >= 0.6 is 0 Å². The summed E-state index contributed by atoms with van der Waals surface area (Å²) in [4.78, 5) is 8.43. The summed E-state index contributed by atoms with van der Waals surface area (Å²) < 4.78 is 5.76. The van der Waals surface area contributed by atoms with Gasteiger partial charge in [0.2, 0.25) is 11.8 Å². The first-order valence-corrected chi connectivity index (χ1v) is 7.82. The van der Waals surface area contributed by atoms with E-state index in [1.165, 1.54) is 0 Å². The number of aromatic nitrogens is 3. The van der Waals surface area contributed by atoms with Gasteiger partial charge in [-0.1, -0.05) is 18.2 Å². The normalized spacial score (nSPS) is 11.0. The topological polar surface area (TPSA) is 64.2 Å².